The Morgan fingerprint density at radius 3 is 2.67 bits per heavy atom. The standard InChI is InChI=1S/C21H33NO2/c1-20-9-8-19-17(18(20)6-4-15(20)12-22)5-3-14-11-16(23)7-10-21(14,19)13-24-2/h14-19,23H,3-11,13H2,1-2H3/t14-,15+,16+,17?,18-,19-,20+,21?/m0/s1. The van der Waals surface area contributed by atoms with Crippen molar-refractivity contribution >= 4 is 0 Å². The molecule has 4 rings (SSSR count). The maximum absolute atomic E-state index is 10.2. The minimum Gasteiger partial charge on any atom is -0.393 e. The summed E-state index contributed by atoms with van der Waals surface area (Å²) in [6.45, 7) is 3.28. The number of aliphatic hydroxyl groups excluding tert-OH is 1. The van der Waals surface area contributed by atoms with Gasteiger partial charge in [0.2, 0.25) is 0 Å². The van der Waals surface area contributed by atoms with Crippen molar-refractivity contribution in [3.63, 3.8) is 0 Å². The van der Waals surface area contributed by atoms with Crippen molar-refractivity contribution in [1.29, 1.82) is 5.26 Å². The third kappa shape index (κ3) is 2.22. The molecule has 4 aliphatic carbocycles. The fraction of sp³-hybridized carbons (Fsp3) is 0.952. The molecule has 1 N–H and O–H groups in total. The maximum Gasteiger partial charge on any atom is 0.0661 e. The zero-order valence-electron chi connectivity index (χ0n) is 15.3. The van der Waals surface area contributed by atoms with E-state index < -0.39 is 0 Å². The molecule has 4 fully saturated rings. The van der Waals surface area contributed by atoms with Crippen LogP contribution in [-0.2, 0) is 4.74 Å². The van der Waals surface area contributed by atoms with E-state index in [1.54, 1.807) is 0 Å². The highest BCUT2D eigenvalue weighted by atomic mass is 16.5. The van der Waals surface area contributed by atoms with Gasteiger partial charge in [0.25, 0.3) is 0 Å². The number of ether oxygens (including phenoxy) is 1. The van der Waals surface area contributed by atoms with Crippen LogP contribution < -0.4 is 0 Å². The highest BCUT2D eigenvalue weighted by Crippen LogP contribution is 2.67. The van der Waals surface area contributed by atoms with Gasteiger partial charge < -0.3 is 9.84 Å². The molecule has 0 aromatic rings. The van der Waals surface area contributed by atoms with Gasteiger partial charge in [0.15, 0.2) is 0 Å². The van der Waals surface area contributed by atoms with Crippen LogP contribution >= 0.6 is 0 Å². The maximum atomic E-state index is 10.2. The molecule has 0 spiro atoms. The monoisotopic (exact) mass is 331 g/mol. The Morgan fingerprint density at radius 1 is 1.08 bits per heavy atom. The molecule has 8 atom stereocenters. The fourth-order valence-corrected chi connectivity index (χ4v) is 7.79. The number of hydrogen-bond donors (Lipinski definition) is 1. The minimum atomic E-state index is -0.0974. The number of methoxy groups -OCH3 is 1. The van der Waals surface area contributed by atoms with Gasteiger partial charge in [-0.15, -0.1) is 0 Å². The van der Waals surface area contributed by atoms with Crippen LogP contribution in [0, 0.1) is 51.8 Å². The summed E-state index contributed by atoms with van der Waals surface area (Å²) in [5.74, 6) is 3.18. The summed E-state index contributed by atoms with van der Waals surface area (Å²) in [7, 11) is 1.86. The second-order valence-corrected chi connectivity index (χ2v) is 9.55. The molecule has 3 heteroatoms. The van der Waals surface area contributed by atoms with E-state index in [9.17, 15) is 10.4 Å². The van der Waals surface area contributed by atoms with Gasteiger partial charge in [0.05, 0.1) is 24.7 Å². The normalized spacial score (nSPS) is 53.6. The predicted molar refractivity (Wildman–Crippen MR) is 93.0 cm³/mol. The van der Waals surface area contributed by atoms with E-state index >= 15 is 0 Å². The Kier molecular flexibility index (Phi) is 4.21. The summed E-state index contributed by atoms with van der Waals surface area (Å²) in [6.07, 6.45) is 10.4. The molecule has 0 aromatic heterocycles. The second kappa shape index (κ2) is 5.99. The zero-order chi connectivity index (χ0) is 16.9. The third-order valence-corrected chi connectivity index (χ3v) is 8.91. The summed E-state index contributed by atoms with van der Waals surface area (Å²) in [5.41, 5.74) is 0.550. The number of nitrogens with zero attached hydrogens (tertiary/aromatic N) is 1. The number of nitriles is 1. The molecular formula is C21H33NO2. The molecule has 0 bridgehead atoms. The summed E-state index contributed by atoms with van der Waals surface area (Å²) in [4.78, 5) is 0. The van der Waals surface area contributed by atoms with Gasteiger partial charge >= 0.3 is 0 Å². The molecule has 0 aliphatic heterocycles. The van der Waals surface area contributed by atoms with E-state index in [0.29, 0.717) is 11.3 Å². The van der Waals surface area contributed by atoms with Gasteiger partial charge in [0, 0.05) is 7.11 Å². The van der Waals surface area contributed by atoms with Crippen molar-refractivity contribution < 1.29 is 9.84 Å². The topological polar surface area (TPSA) is 53.2 Å². The van der Waals surface area contributed by atoms with Crippen molar-refractivity contribution in [2.75, 3.05) is 13.7 Å². The van der Waals surface area contributed by atoms with Gasteiger partial charge in [-0.3, -0.25) is 0 Å². The summed E-state index contributed by atoms with van der Waals surface area (Å²) >= 11 is 0. The van der Waals surface area contributed by atoms with Crippen LogP contribution in [0.1, 0.15) is 64.7 Å². The van der Waals surface area contributed by atoms with Gasteiger partial charge in [0.1, 0.15) is 0 Å². The predicted octanol–water partition coefficient (Wildman–Crippen LogP) is 4.16. The van der Waals surface area contributed by atoms with Crippen molar-refractivity contribution in [2.45, 2.75) is 70.8 Å². The SMILES string of the molecule is COCC12CC[C@@H](O)C[C@@H]1CCC1[C@@H]2CC[C@]2(C)[C@@H](C#N)CC[C@@H]12. The Hall–Kier alpha value is -0.590. The first-order valence-corrected chi connectivity index (χ1v) is 10.1. The van der Waals surface area contributed by atoms with Crippen molar-refractivity contribution in [3.8, 4) is 6.07 Å². The largest absolute Gasteiger partial charge is 0.393 e. The number of rotatable bonds is 2. The summed E-state index contributed by atoms with van der Waals surface area (Å²) in [6, 6.07) is 2.64. The van der Waals surface area contributed by atoms with Crippen LogP contribution in [0.25, 0.3) is 0 Å². The molecular weight excluding hydrogens is 298 g/mol. The van der Waals surface area contributed by atoms with Gasteiger partial charge in [-0.25, -0.2) is 0 Å². The molecule has 4 saturated carbocycles. The average molecular weight is 332 g/mol. The lowest BCUT2D eigenvalue weighted by atomic mass is 9.44. The average Bonchev–Trinajstić information content (AvgIpc) is 2.92. The molecule has 0 radical (unpaired) electrons. The smallest absolute Gasteiger partial charge is 0.0661 e. The van der Waals surface area contributed by atoms with Gasteiger partial charge in [-0.1, -0.05) is 6.92 Å². The Balaban J connectivity index is 1.65. The van der Waals surface area contributed by atoms with Crippen LogP contribution in [0.5, 0.6) is 0 Å². The van der Waals surface area contributed by atoms with Crippen LogP contribution in [0.2, 0.25) is 0 Å². The zero-order valence-corrected chi connectivity index (χ0v) is 15.3. The van der Waals surface area contributed by atoms with E-state index in [2.05, 4.69) is 13.0 Å². The van der Waals surface area contributed by atoms with E-state index in [1.807, 2.05) is 7.11 Å². The minimum absolute atomic E-state index is 0.0974. The van der Waals surface area contributed by atoms with Crippen molar-refractivity contribution in [2.24, 2.45) is 40.4 Å². The molecule has 0 saturated heterocycles. The highest BCUT2D eigenvalue weighted by Gasteiger charge is 2.61. The molecule has 3 nitrogen and oxygen atoms in total. The fourth-order valence-electron chi connectivity index (χ4n) is 7.79. The van der Waals surface area contributed by atoms with E-state index in [1.165, 1.54) is 32.1 Å². The van der Waals surface area contributed by atoms with Crippen LogP contribution in [0.15, 0.2) is 0 Å². The molecule has 2 unspecified atom stereocenters. The van der Waals surface area contributed by atoms with Gasteiger partial charge in [-0.2, -0.15) is 5.26 Å². The third-order valence-electron chi connectivity index (χ3n) is 8.91. The summed E-state index contributed by atoms with van der Waals surface area (Å²) in [5, 5.41) is 19.8. The number of aliphatic hydroxyl groups is 1. The Morgan fingerprint density at radius 2 is 1.92 bits per heavy atom. The Labute approximate surface area is 146 Å². The van der Waals surface area contributed by atoms with Crippen molar-refractivity contribution in [1.82, 2.24) is 0 Å². The quantitative estimate of drug-likeness (QED) is 0.827. The Bertz CT molecular complexity index is 528. The first kappa shape index (κ1) is 16.9. The van der Waals surface area contributed by atoms with Crippen LogP contribution in [0.4, 0.5) is 0 Å². The first-order valence-electron chi connectivity index (χ1n) is 10.1. The second-order valence-electron chi connectivity index (χ2n) is 9.55. The van der Waals surface area contributed by atoms with Crippen LogP contribution in [0.3, 0.4) is 0 Å². The molecule has 0 heterocycles. The number of fused-ring (bicyclic) bond motifs is 5. The molecule has 134 valence electrons. The van der Waals surface area contributed by atoms with E-state index in [-0.39, 0.29) is 17.4 Å². The van der Waals surface area contributed by atoms with Crippen LogP contribution in [-0.4, -0.2) is 24.9 Å². The lowest BCUT2D eigenvalue weighted by Gasteiger charge is -2.61. The first-order chi connectivity index (χ1) is 11.5. The van der Waals surface area contributed by atoms with E-state index in [4.69, 9.17) is 4.74 Å². The molecule has 4 aliphatic rings. The lowest BCUT2D eigenvalue weighted by Crippen LogP contribution is -2.56. The molecule has 24 heavy (non-hydrogen) atoms. The molecule has 0 amide bonds. The lowest BCUT2D eigenvalue weighted by molar-refractivity contribution is -0.156. The highest BCUT2D eigenvalue weighted by molar-refractivity contribution is 5.13. The van der Waals surface area contributed by atoms with E-state index in [0.717, 1.165) is 50.0 Å². The summed E-state index contributed by atoms with van der Waals surface area (Å²) < 4.78 is 5.77. The number of hydrogen-bond acceptors (Lipinski definition) is 3. The molecule has 0 aromatic carbocycles. The van der Waals surface area contributed by atoms with Crippen molar-refractivity contribution in [3.05, 3.63) is 0 Å². The van der Waals surface area contributed by atoms with Gasteiger partial charge in [-0.05, 0) is 92.3 Å².